The third-order valence-corrected chi connectivity index (χ3v) is 4.20. The zero-order valence-corrected chi connectivity index (χ0v) is 17.0. The van der Waals surface area contributed by atoms with Gasteiger partial charge in [-0.05, 0) is 38.0 Å². The third-order valence-electron chi connectivity index (χ3n) is 4.20. The van der Waals surface area contributed by atoms with Gasteiger partial charge in [-0.3, -0.25) is 4.79 Å². The van der Waals surface area contributed by atoms with Gasteiger partial charge < -0.3 is 18.9 Å². The summed E-state index contributed by atoms with van der Waals surface area (Å²) in [6.07, 6.45) is 1.06. The van der Waals surface area contributed by atoms with Gasteiger partial charge in [0.05, 0.1) is 14.2 Å². The molecule has 0 aliphatic carbocycles. The summed E-state index contributed by atoms with van der Waals surface area (Å²) in [6.45, 7) is 8.67. The SMILES string of the molecule is COc1ccc(-c2noc(CCN(C(=O)CC(C)C)C(C)C)n2)cc1OC. The van der Waals surface area contributed by atoms with Crippen molar-refractivity contribution < 1.29 is 18.8 Å². The molecule has 148 valence electrons. The normalized spacial score (nSPS) is 11.1. The highest BCUT2D eigenvalue weighted by atomic mass is 16.5. The molecular formula is C20H29N3O4. The number of ether oxygens (including phenoxy) is 2. The van der Waals surface area contributed by atoms with Crippen LogP contribution < -0.4 is 9.47 Å². The first-order valence-corrected chi connectivity index (χ1v) is 9.20. The highest BCUT2D eigenvalue weighted by Gasteiger charge is 2.19. The van der Waals surface area contributed by atoms with Gasteiger partial charge in [0.2, 0.25) is 17.6 Å². The van der Waals surface area contributed by atoms with Crippen molar-refractivity contribution >= 4 is 5.91 Å². The van der Waals surface area contributed by atoms with E-state index in [9.17, 15) is 4.79 Å². The van der Waals surface area contributed by atoms with Gasteiger partial charge in [0.15, 0.2) is 11.5 Å². The van der Waals surface area contributed by atoms with Crippen LogP contribution in [-0.2, 0) is 11.2 Å². The first-order valence-electron chi connectivity index (χ1n) is 9.20. The Bertz CT molecular complexity index is 755. The molecule has 7 nitrogen and oxygen atoms in total. The Morgan fingerprint density at radius 3 is 2.44 bits per heavy atom. The highest BCUT2D eigenvalue weighted by Crippen LogP contribution is 2.31. The Morgan fingerprint density at radius 1 is 1.15 bits per heavy atom. The van der Waals surface area contributed by atoms with E-state index >= 15 is 0 Å². The standard InChI is InChI=1S/C20H29N3O4/c1-13(2)11-19(24)23(14(3)4)10-9-18-21-20(22-27-18)15-7-8-16(25-5)17(12-15)26-6/h7-8,12-14H,9-11H2,1-6H3. The maximum atomic E-state index is 12.4. The third kappa shape index (κ3) is 5.45. The van der Waals surface area contributed by atoms with Crippen molar-refractivity contribution in [2.24, 2.45) is 5.92 Å². The molecule has 0 fully saturated rings. The lowest BCUT2D eigenvalue weighted by atomic mass is 10.1. The summed E-state index contributed by atoms with van der Waals surface area (Å²) in [5.74, 6) is 2.71. The van der Waals surface area contributed by atoms with E-state index in [4.69, 9.17) is 14.0 Å². The molecule has 0 saturated carbocycles. The maximum Gasteiger partial charge on any atom is 0.228 e. The van der Waals surface area contributed by atoms with E-state index in [1.54, 1.807) is 26.4 Å². The molecule has 0 spiro atoms. The van der Waals surface area contributed by atoms with Gasteiger partial charge in [-0.2, -0.15) is 4.98 Å². The van der Waals surface area contributed by atoms with Crippen LogP contribution >= 0.6 is 0 Å². The lowest BCUT2D eigenvalue weighted by Gasteiger charge is -2.27. The first-order chi connectivity index (χ1) is 12.8. The van der Waals surface area contributed by atoms with E-state index in [2.05, 4.69) is 10.1 Å². The van der Waals surface area contributed by atoms with Crippen molar-refractivity contribution in [3.05, 3.63) is 24.1 Å². The fraction of sp³-hybridized carbons (Fsp3) is 0.550. The molecule has 1 aromatic carbocycles. The molecule has 0 unspecified atom stereocenters. The molecule has 2 rings (SSSR count). The van der Waals surface area contributed by atoms with Crippen LogP contribution in [0.3, 0.4) is 0 Å². The van der Waals surface area contributed by atoms with Crippen LogP contribution in [0.15, 0.2) is 22.7 Å². The molecule has 0 atom stereocenters. The number of hydrogen-bond donors (Lipinski definition) is 0. The van der Waals surface area contributed by atoms with Gasteiger partial charge in [0.1, 0.15) is 0 Å². The number of amides is 1. The van der Waals surface area contributed by atoms with Crippen LogP contribution in [0.4, 0.5) is 0 Å². The number of methoxy groups -OCH3 is 2. The summed E-state index contributed by atoms with van der Waals surface area (Å²) < 4.78 is 15.9. The summed E-state index contributed by atoms with van der Waals surface area (Å²) in [5, 5.41) is 4.05. The lowest BCUT2D eigenvalue weighted by molar-refractivity contribution is -0.133. The maximum absolute atomic E-state index is 12.4. The van der Waals surface area contributed by atoms with E-state index < -0.39 is 0 Å². The summed E-state index contributed by atoms with van der Waals surface area (Å²) in [5.41, 5.74) is 0.777. The number of carbonyl (C=O) groups is 1. The largest absolute Gasteiger partial charge is 0.493 e. The van der Waals surface area contributed by atoms with Gasteiger partial charge in [-0.1, -0.05) is 19.0 Å². The molecule has 0 aliphatic rings. The van der Waals surface area contributed by atoms with Crippen molar-refractivity contribution in [3.8, 4) is 22.9 Å². The molecule has 7 heteroatoms. The predicted molar refractivity (Wildman–Crippen MR) is 103 cm³/mol. The van der Waals surface area contributed by atoms with Crippen LogP contribution in [0.25, 0.3) is 11.4 Å². The van der Waals surface area contributed by atoms with Crippen molar-refractivity contribution in [3.63, 3.8) is 0 Å². The van der Waals surface area contributed by atoms with Crippen LogP contribution in [0.1, 0.15) is 40.0 Å². The second-order valence-electron chi connectivity index (χ2n) is 7.11. The van der Waals surface area contributed by atoms with Gasteiger partial charge >= 0.3 is 0 Å². The smallest absolute Gasteiger partial charge is 0.228 e. The fourth-order valence-electron chi connectivity index (χ4n) is 2.80. The van der Waals surface area contributed by atoms with Gasteiger partial charge in [0.25, 0.3) is 0 Å². The predicted octanol–water partition coefficient (Wildman–Crippen LogP) is 3.58. The number of aromatic nitrogens is 2. The molecule has 1 heterocycles. The van der Waals surface area contributed by atoms with Crippen LogP contribution in [0.2, 0.25) is 0 Å². The van der Waals surface area contributed by atoms with Crippen molar-refractivity contribution in [1.82, 2.24) is 15.0 Å². The zero-order valence-electron chi connectivity index (χ0n) is 17.0. The number of benzene rings is 1. The quantitative estimate of drug-likeness (QED) is 0.667. The molecule has 0 saturated heterocycles. The minimum absolute atomic E-state index is 0.129. The van der Waals surface area contributed by atoms with E-state index in [0.717, 1.165) is 5.56 Å². The van der Waals surface area contributed by atoms with Gasteiger partial charge in [-0.25, -0.2) is 0 Å². The lowest BCUT2D eigenvalue weighted by Crippen LogP contribution is -2.39. The summed E-state index contributed by atoms with van der Waals surface area (Å²) in [7, 11) is 3.17. The summed E-state index contributed by atoms with van der Waals surface area (Å²) in [4.78, 5) is 18.7. The summed E-state index contributed by atoms with van der Waals surface area (Å²) in [6, 6.07) is 5.59. The Kier molecular flexibility index (Phi) is 7.21. The monoisotopic (exact) mass is 375 g/mol. The minimum Gasteiger partial charge on any atom is -0.493 e. The molecule has 0 N–H and O–H groups in total. The molecule has 1 amide bonds. The van der Waals surface area contributed by atoms with Crippen molar-refractivity contribution in [1.29, 1.82) is 0 Å². The zero-order chi connectivity index (χ0) is 20.0. The molecule has 1 aromatic heterocycles. The Balaban J connectivity index is 2.08. The van der Waals surface area contributed by atoms with Gasteiger partial charge in [0, 0.05) is 31.0 Å². The molecule has 2 aromatic rings. The van der Waals surface area contributed by atoms with E-state index in [0.29, 0.717) is 48.5 Å². The second-order valence-corrected chi connectivity index (χ2v) is 7.11. The average molecular weight is 375 g/mol. The first kappa shape index (κ1) is 20.7. The van der Waals surface area contributed by atoms with Crippen molar-refractivity contribution in [2.75, 3.05) is 20.8 Å². The van der Waals surface area contributed by atoms with E-state index in [1.165, 1.54) is 0 Å². The topological polar surface area (TPSA) is 77.7 Å². The van der Waals surface area contributed by atoms with Gasteiger partial charge in [-0.15, -0.1) is 0 Å². The second kappa shape index (κ2) is 9.39. The summed E-state index contributed by atoms with van der Waals surface area (Å²) >= 11 is 0. The fourth-order valence-corrected chi connectivity index (χ4v) is 2.80. The number of carbonyl (C=O) groups excluding carboxylic acids is 1. The van der Waals surface area contributed by atoms with E-state index in [1.807, 2.05) is 38.7 Å². The number of rotatable bonds is 9. The van der Waals surface area contributed by atoms with Crippen molar-refractivity contribution in [2.45, 2.75) is 46.6 Å². The number of nitrogens with zero attached hydrogens (tertiary/aromatic N) is 3. The van der Waals surface area contributed by atoms with Crippen LogP contribution in [-0.4, -0.2) is 47.8 Å². The number of hydrogen-bond acceptors (Lipinski definition) is 6. The Hall–Kier alpha value is -2.57. The molecule has 0 aliphatic heterocycles. The Labute approximate surface area is 160 Å². The van der Waals surface area contributed by atoms with Crippen LogP contribution in [0, 0.1) is 5.92 Å². The molecule has 0 radical (unpaired) electrons. The van der Waals surface area contributed by atoms with Crippen LogP contribution in [0.5, 0.6) is 11.5 Å². The average Bonchev–Trinajstić information content (AvgIpc) is 3.09. The molecule has 0 bridgehead atoms. The van der Waals surface area contributed by atoms with E-state index in [-0.39, 0.29) is 11.9 Å². The minimum atomic E-state index is 0.129. The Morgan fingerprint density at radius 2 is 1.85 bits per heavy atom. The highest BCUT2D eigenvalue weighted by molar-refractivity contribution is 5.76. The molecule has 27 heavy (non-hydrogen) atoms. The molecular weight excluding hydrogens is 346 g/mol.